The quantitative estimate of drug-likeness (QED) is 0.643. The molecule has 1 aliphatic rings. The van der Waals surface area contributed by atoms with Crippen molar-refractivity contribution in [3.05, 3.63) is 64.1 Å². The maximum Gasteiger partial charge on any atom is 0.287 e. The molecule has 3 N–H and O–H groups in total. The van der Waals surface area contributed by atoms with Gasteiger partial charge in [-0.2, -0.15) is 0 Å². The first-order chi connectivity index (χ1) is 13.5. The third kappa shape index (κ3) is 5.71. The Hall–Kier alpha value is -2.08. The highest BCUT2D eigenvalue weighted by atomic mass is 35.5. The Morgan fingerprint density at radius 3 is 2.50 bits per heavy atom. The second-order valence-corrected chi connectivity index (χ2v) is 7.77. The Morgan fingerprint density at radius 2 is 1.86 bits per heavy atom. The second-order valence-electron chi connectivity index (χ2n) is 6.90. The molecule has 1 fully saturated rings. The van der Waals surface area contributed by atoms with Gasteiger partial charge in [0.05, 0.1) is 6.54 Å². The molecule has 0 aromatic heterocycles. The van der Waals surface area contributed by atoms with Crippen LogP contribution in [0.15, 0.2) is 48.5 Å². The van der Waals surface area contributed by atoms with E-state index in [9.17, 15) is 9.59 Å². The number of likely N-dealkylation sites (tertiary alicyclic amines) is 1. The summed E-state index contributed by atoms with van der Waals surface area (Å²) < 4.78 is 0. The van der Waals surface area contributed by atoms with Crippen LogP contribution in [0.25, 0.3) is 0 Å². The minimum Gasteiger partial charge on any atom is -0.342 e. The number of rotatable bonds is 8. The van der Waals surface area contributed by atoms with Gasteiger partial charge in [0, 0.05) is 47.2 Å². The number of benzene rings is 2. The summed E-state index contributed by atoms with van der Waals surface area (Å²) in [4.78, 5) is 26.6. The van der Waals surface area contributed by atoms with Crippen LogP contribution in [0.3, 0.4) is 0 Å². The molecule has 0 radical (unpaired) electrons. The van der Waals surface area contributed by atoms with Crippen LogP contribution in [0.1, 0.15) is 30.9 Å². The molecule has 5 nitrogen and oxygen atoms in total. The Morgan fingerprint density at radius 1 is 1.14 bits per heavy atom. The summed E-state index contributed by atoms with van der Waals surface area (Å²) in [7, 11) is 0. The number of carbonyl (C=O) groups is 2. The molecule has 2 aromatic rings. The highest BCUT2D eigenvalue weighted by Crippen LogP contribution is 2.23. The van der Waals surface area contributed by atoms with Gasteiger partial charge < -0.3 is 15.5 Å². The first-order valence-electron chi connectivity index (χ1n) is 9.46. The van der Waals surface area contributed by atoms with E-state index < -0.39 is 6.04 Å². The molecule has 3 rings (SSSR count). The SMILES string of the molecule is O=C(Nc1cc(Cl)cc(Cl)c1)[C@H]([NH2+]CCCN1CCCC1=O)c1ccccc1. The number of nitrogens with one attached hydrogen (secondary N) is 1. The number of hydrogen-bond acceptors (Lipinski definition) is 2. The molecule has 2 amide bonds. The Labute approximate surface area is 175 Å². The molecule has 7 heteroatoms. The van der Waals surface area contributed by atoms with Crippen molar-refractivity contribution in [3.63, 3.8) is 0 Å². The number of nitrogens with zero attached hydrogens (tertiary/aromatic N) is 1. The van der Waals surface area contributed by atoms with Crippen LogP contribution in [-0.2, 0) is 9.59 Å². The van der Waals surface area contributed by atoms with E-state index in [0.717, 1.165) is 38.0 Å². The number of halogens is 2. The summed E-state index contributed by atoms with van der Waals surface area (Å²) in [6.07, 6.45) is 2.44. The van der Waals surface area contributed by atoms with Crippen LogP contribution in [0.4, 0.5) is 5.69 Å². The summed E-state index contributed by atoms with van der Waals surface area (Å²) >= 11 is 12.1. The topological polar surface area (TPSA) is 66.0 Å². The van der Waals surface area contributed by atoms with Crippen LogP contribution in [0.2, 0.25) is 10.0 Å². The van der Waals surface area contributed by atoms with Gasteiger partial charge in [0.25, 0.3) is 5.91 Å². The van der Waals surface area contributed by atoms with Crippen LogP contribution in [-0.4, -0.2) is 36.3 Å². The summed E-state index contributed by atoms with van der Waals surface area (Å²) in [5.41, 5.74) is 1.49. The van der Waals surface area contributed by atoms with Crippen LogP contribution in [0, 0.1) is 0 Å². The zero-order valence-electron chi connectivity index (χ0n) is 15.5. The Balaban J connectivity index is 1.63. The van der Waals surface area contributed by atoms with E-state index in [1.807, 2.05) is 40.5 Å². The molecule has 0 spiro atoms. The van der Waals surface area contributed by atoms with E-state index in [0.29, 0.717) is 22.2 Å². The third-order valence-corrected chi connectivity index (χ3v) is 5.21. The highest BCUT2D eigenvalue weighted by molar-refractivity contribution is 6.35. The van der Waals surface area contributed by atoms with Gasteiger partial charge in [0.1, 0.15) is 0 Å². The summed E-state index contributed by atoms with van der Waals surface area (Å²) in [6, 6.07) is 14.2. The molecule has 1 aliphatic heterocycles. The molecule has 1 saturated heterocycles. The van der Waals surface area contributed by atoms with Gasteiger partial charge in [-0.05, 0) is 24.6 Å². The van der Waals surface area contributed by atoms with E-state index in [1.54, 1.807) is 18.2 Å². The fourth-order valence-corrected chi connectivity index (χ4v) is 3.93. The average Bonchev–Trinajstić information content (AvgIpc) is 3.06. The van der Waals surface area contributed by atoms with Gasteiger partial charge in [-0.1, -0.05) is 53.5 Å². The number of anilines is 1. The normalized spacial score (nSPS) is 14.9. The standard InChI is InChI=1S/C21H23Cl2N3O2/c22-16-12-17(23)14-18(13-16)25-21(28)20(15-6-2-1-3-7-15)24-9-5-11-26-10-4-8-19(26)27/h1-3,6-7,12-14,20,24H,4-5,8-11H2,(H,25,28)/p+1/t20-/m1/s1. The van der Waals surface area contributed by atoms with Crippen LogP contribution < -0.4 is 10.6 Å². The van der Waals surface area contributed by atoms with E-state index >= 15 is 0 Å². The first kappa shape index (κ1) is 20.6. The predicted molar refractivity (Wildman–Crippen MR) is 111 cm³/mol. The van der Waals surface area contributed by atoms with E-state index in [1.165, 1.54) is 0 Å². The van der Waals surface area contributed by atoms with Gasteiger partial charge in [0.2, 0.25) is 5.91 Å². The lowest BCUT2D eigenvalue weighted by molar-refractivity contribution is -0.682. The van der Waals surface area contributed by atoms with Crippen molar-refractivity contribution >= 4 is 40.7 Å². The van der Waals surface area contributed by atoms with Crippen molar-refractivity contribution in [3.8, 4) is 0 Å². The lowest BCUT2D eigenvalue weighted by Crippen LogP contribution is -2.87. The largest absolute Gasteiger partial charge is 0.342 e. The predicted octanol–water partition coefficient (Wildman–Crippen LogP) is 3.25. The highest BCUT2D eigenvalue weighted by Gasteiger charge is 2.25. The summed E-state index contributed by atoms with van der Waals surface area (Å²) in [5, 5.41) is 5.86. The molecule has 28 heavy (non-hydrogen) atoms. The van der Waals surface area contributed by atoms with Crippen molar-refractivity contribution in [1.29, 1.82) is 0 Å². The van der Waals surface area contributed by atoms with Crippen molar-refractivity contribution in [2.75, 3.05) is 25.0 Å². The van der Waals surface area contributed by atoms with E-state index in [4.69, 9.17) is 23.2 Å². The molecule has 1 heterocycles. The van der Waals surface area contributed by atoms with Crippen molar-refractivity contribution < 1.29 is 14.9 Å². The van der Waals surface area contributed by atoms with Gasteiger partial charge in [-0.25, -0.2) is 0 Å². The van der Waals surface area contributed by atoms with Crippen molar-refractivity contribution in [1.82, 2.24) is 4.90 Å². The van der Waals surface area contributed by atoms with Crippen LogP contribution in [0.5, 0.6) is 0 Å². The van der Waals surface area contributed by atoms with Gasteiger partial charge in [-0.3, -0.25) is 9.59 Å². The number of hydrogen-bond donors (Lipinski definition) is 2. The maximum absolute atomic E-state index is 12.9. The molecule has 0 saturated carbocycles. The lowest BCUT2D eigenvalue weighted by Gasteiger charge is -2.18. The smallest absolute Gasteiger partial charge is 0.287 e. The fourth-order valence-electron chi connectivity index (χ4n) is 3.41. The van der Waals surface area contributed by atoms with Crippen molar-refractivity contribution in [2.45, 2.75) is 25.3 Å². The molecule has 0 unspecified atom stereocenters. The minimum absolute atomic E-state index is 0.137. The Kier molecular flexibility index (Phi) is 7.31. The lowest BCUT2D eigenvalue weighted by atomic mass is 10.1. The number of quaternary nitrogens is 1. The molecular formula is C21H24Cl2N3O2+. The minimum atomic E-state index is -0.395. The molecule has 0 aliphatic carbocycles. The average molecular weight is 421 g/mol. The molecule has 1 atom stereocenters. The number of carbonyl (C=O) groups excluding carboxylic acids is 2. The molecular weight excluding hydrogens is 397 g/mol. The molecule has 148 valence electrons. The van der Waals surface area contributed by atoms with Gasteiger partial charge in [0.15, 0.2) is 6.04 Å². The van der Waals surface area contributed by atoms with Crippen molar-refractivity contribution in [2.24, 2.45) is 0 Å². The van der Waals surface area contributed by atoms with Gasteiger partial charge in [-0.15, -0.1) is 0 Å². The summed E-state index contributed by atoms with van der Waals surface area (Å²) in [5.74, 6) is 0.0944. The zero-order valence-corrected chi connectivity index (χ0v) is 17.0. The second kappa shape index (κ2) is 9.92. The fraction of sp³-hybridized carbons (Fsp3) is 0.333. The molecule has 0 bridgehead atoms. The van der Waals surface area contributed by atoms with Crippen LogP contribution >= 0.6 is 23.2 Å². The number of nitrogens with two attached hydrogens (primary N) is 1. The third-order valence-electron chi connectivity index (χ3n) is 4.78. The zero-order chi connectivity index (χ0) is 19.9. The number of amides is 2. The first-order valence-corrected chi connectivity index (χ1v) is 10.2. The monoisotopic (exact) mass is 420 g/mol. The summed E-state index contributed by atoms with van der Waals surface area (Å²) in [6.45, 7) is 2.33. The van der Waals surface area contributed by atoms with Gasteiger partial charge >= 0.3 is 0 Å². The Bertz CT molecular complexity index is 809. The van der Waals surface area contributed by atoms with E-state index in [-0.39, 0.29) is 11.8 Å². The maximum atomic E-state index is 12.9. The van der Waals surface area contributed by atoms with E-state index in [2.05, 4.69) is 5.32 Å². The molecule has 2 aromatic carbocycles.